The van der Waals surface area contributed by atoms with Crippen LogP contribution in [0.5, 0.6) is 0 Å². The Morgan fingerprint density at radius 2 is 1.96 bits per heavy atom. The lowest BCUT2D eigenvalue weighted by atomic mass is 10.0. The third-order valence-corrected chi connectivity index (χ3v) is 5.96. The van der Waals surface area contributed by atoms with Gasteiger partial charge in [-0.15, -0.1) is 11.3 Å². The maximum Gasteiger partial charge on any atom is 0.140 e. The van der Waals surface area contributed by atoms with Gasteiger partial charge in [0, 0.05) is 48.5 Å². The van der Waals surface area contributed by atoms with Crippen LogP contribution in [0.15, 0.2) is 36.7 Å². The summed E-state index contributed by atoms with van der Waals surface area (Å²) in [5.74, 6) is 1.20. The number of thiazole rings is 1. The molecule has 4 heterocycles. The second kappa shape index (κ2) is 6.60. The number of aromatic nitrogens is 4. The Hall–Kier alpha value is -2.93. The Balaban J connectivity index is 1.55. The molecule has 0 bridgehead atoms. The molecule has 0 aliphatic carbocycles. The number of anilines is 1. The van der Waals surface area contributed by atoms with Crippen LogP contribution in [0.2, 0.25) is 0 Å². The largest absolute Gasteiger partial charge is 0.351 e. The number of rotatable bonds is 2. The Kier molecular flexibility index (Phi) is 4.05. The molecule has 3 aromatic heterocycles. The van der Waals surface area contributed by atoms with Gasteiger partial charge in [-0.1, -0.05) is 0 Å². The van der Waals surface area contributed by atoms with E-state index < -0.39 is 0 Å². The van der Waals surface area contributed by atoms with Crippen molar-refractivity contribution in [2.24, 2.45) is 0 Å². The Morgan fingerprint density at radius 1 is 1.07 bits per heavy atom. The molecule has 0 spiro atoms. The van der Waals surface area contributed by atoms with Crippen LogP contribution in [-0.4, -0.2) is 26.5 Å². The van der Waals surface area contributed by atoms with Crippen molar-refractivity contribution in [3.05, 3.63) is 64.6 Å². The molecular formula is C21H18FN5S. The van der Waals surface area contributed by atoms with Crippen LogP contribution in [0.25, 0.3) is 21.3 Å². The lowest BCUT2D eigenvalue weighted by molar-refractivity contribution is 0.629. The van der Waals surface area contributed by atoms with Gasteiger partial charge < -0.3 is 4.90 Å². The fraction of sp³-hybridized carbons (Fsp3) is 0.238. The van der Waals surface area contributed by atoms with Gasteiger partial charge in [-0.05, 0) is 43.7 Å². The van der Waals surface area contributed by atoms with Gasteiger partial charge in [-0.25, -0.2) is 19.3 Å². The summed E-state index contributed by atoms with van der Waals surface area (Å²) in [4.78, 5) is 21.4. The molecule has 4 aromatic rings. The molecule has 7 heteroatoms. The molecular weight excluding hydrogens is 373 g/mol. The molecule has 0 atom stereocenters. The topological polar surface area (TPSA) is 54.8 Å². The number of fused-ring (bicyclic) bond motifs is 2. The lowest BCUT2D eigenvalue weighted by Gasteiger charge is -2.30. The summed E-state index contributed by atoms with van der Waals surface area (Å²) in [6.45, 7) is 5.36. The van der Waals surface area contributed by atoms with Crippen molar-refractivity contribution in [1.82, 2.24) is 19.9 Å². The van der Waals surface area contributed by atoms with E-state index >= 15 is 0 Å². The molecule has 140 valence electrons. The van der Waals surface area contributed by atoms with Crippen LogP contribution in [-0.2, 0) is 13.0 Å². The number of hydrogen-bond acceptors (Lipinski definition) is 6. The molecule has 0 unspecified atom stereocenters. The zero-order valence-electron chi connectivity index (χ0n) is 15.6. The number of halogens is 1. The van der Waals surface area contributed by atoms with Crippen molar-refractivity contribution in [2.45, 2.75) is 26.8 Å². The summed E-state index contributed by atoms with van der Waals surface area (Å²) in [6, 6.07) is 6.87. The first kappa shape index (κ1) is 17.2. The molecule has 0 saturated carbocycles. The average Bonchev–Trinajstić information content (AvgIpc) is 3.13. The van der Waals surface area contributed by atoms with Crippen molar-refractivity contribution in [2.75, 3.05) is 11.4 Å². The van der Waals surface area contributed by atoms with Crippen LogP contribution >= 0.6 is 11.3 Å². The highest BCUT2D eigenvalue weighted by Crippen LogP contribution is 2.32. The van der Waals surface area contributed by atoms with Gasteiger partial charge in [0.25, 0.3) is 0 Å². The first-order valence-corrected chi connectivity index (χ1v) is 9.98. The van der Waals surface area contributed by atoms with Crippen molar-refractivity contribution in [3.63, 3.8) is 0 Å². The van der Waals surface area contributed by atoms with Gasteiger partial charge in [0.05, 0.1) is 15.4 Å². The first-order valence-electron chi connectivity index (χ1n) is 9.16. The minimum absolute atomic E-state index is 0.275. The molecule has 28 heavy (non-hydrogen) atoms. The summed E-state index contributed by atoms with van der Waals surface area (Å²) in [5.41, 5.74) is 4.14. The van der Waals surface area contributed by atoms with Crippen LogP contribution in [0.3, 0.4) is 0 Å². The van der Waals surface area contributed by atoms with Gasteiger partial charge in [0.1, 0.15) is 17.5 Å². The zero-order chi connectivity index (χ0) is 19.3. The van der Waals surface area contributed by atoms with Gasteiger partial charge in [-0.3, -0.25) is 4.98 Å². The van der Waals surface area contributed by atoms with E-state index in [1.807, 2.05) is 26.2 Å². The van der Waals surface area contributed by atoms with E-state index in [2.05, 4.69) is 30.9 Å². The standard InChI is InChI=1S/C21H18FN5S/c1-12-25-19-4-3-16(22)8-17(19)21(26-12)27-6-5-18-15(11-27)7-14(9-24-18)20-10-23-13(2)28-20/h3-4,7-10H,5-6,11H2,1-2H3. The van der Waals surface area contributed by atoms with Crippen molar-refractivity contribution < 1.29 is 4.39 Å². The molecule has 0 fully saturated rings. The monoisotopic (exact) mass is 391 g/mol. The smallest absolute Gasteiger partial charge is 0.140 e. The van der Waals surface area contributed by atoms with Gasteiger partial charge in [0.15, 0.2) is 0 Å². The predicted octanol–water partition coefficient (Wildman–Crippen LogP) is 4.47. The Morgan fingerprint density at radius 3 is 2.79 bits per heavy atom. The van der Waals surface area contributed by atoms with E-state index in [9.17, 15) is 4.39 Å². The Labute approximate surface area is 165 Å². The molecule has 0 N–H and O–H groups in total. The number of hydrogen-bond donors (Lipinski definition) is 0. The number of aryl methyl sites for hydroxylation is 2. The fourth-order valence-corrected chi connectivity index (χ4v) is 4.43. The van der Waals surface area contributed by atoms with Crippen LogP contribution in [0.1, 0.15) is 22.1 Å². The van der Waals surface area contributed by atoms with Crippen molar-refractivity contribution in [3.8, 4) is 10.4 Å². The minimum atomic E-state index is -0.275. The van der Waals surface area contributed by atoms with Crippen LogP contribution in [0, 0.1) is 19.7 Å². The molecule has 0 amide bonds. The van der Waals surface area contributed by atoms with E-state index in [0.717, 1.165) is 50.8 Å². The van der Waals surface area contributed by atoms with Crippen LogP contribution < -0.4 is 4.90 Å². The molecule has 0 radical (unpaired) electrons. The third-order valence-electron chi connectivity index (χ3n) is 4.99. The van der Waals surface area contributed by atoms with E-state index in [-0.39, 0.29) is 5.82 Å². The second-order valence-corrected chi connectivity index (χ2v) is 8.24. The van der Waals surface area contributed by atoms with E-state index in [4.69, 9.17) is 0 Å². The maximum absolute atomic E-state index is 13.9. The number of pyridine rings is 1. The molecule has 5 nitrogen and oxygen atoms in total. The lowest BCUT2D eigenvalue weighted by Crippen LogP contribution is -2.32. The average molecular weight is 391 g/mol. The summed E-state index contributed by atoms with van der Waals surface area (Å²) < 4.78 is 13.9. The Bertz CT molecular complexity index is 1200. The third kappa shape index (κ3) is 3.01. The van der Waals surface area contributed by atoms with Gasteiger partial charge >= 0.3 is 0 Å². The molecule has 1 aromatic carbocycles. The van der Waals surface area contributed by atoms with E-state index in [1.165, 1.54) is 17.7 Å². The molecule has 0 saturated heterocycles. The van der Waals surface area contributed by atoms with E-state index in [0.29, 0.717) is 12.4 Å². The highest BCUT2D eigenvalue weighted by molar-refractivity contribution is 7.15. The second-order valence-electron chi connectivity index (χ2n) is 7.00. The first-order chi connectivity index (χ1) is 13.6. The van der Waals surface area contributed by atoms with Gasteiger partial charge in [-0.2, -0.15) is 0 Å². The SMILES string of the molecule is Cc1nc(N2CCc3ncc(-c4cnc(C)s4)cc3C2)c2cc(F)ccc2n1. The van der Waals surface area contributed by atoms with Crippen molar-refractivity contribution in [1.29, 1.82) is 0 Å². The minimum Gasteiger partial charge on any atom is -0.351 e. The number of nitrogens with zero attached hydrogens (tertiary/aromatic N) is 5. The normalized spacial score (nSPS) is 13.8. The zero-order valence-corrected chi connectivity index (χ0v) is 16.4. The quantitative estimate of drug-likeness (QED) is 0.505. The van der Waals surface area contributed by atoms with Crippen LogP contribution in [0.4, 0.5) is 10.2 Å². The number of benzene rings is 1. The maximum atomic E-state index is 13.9. The highest BCUT2D eigenvalue weighted by atomic mass is 32.1. The molecule has 1 aliphatic rings. The van der Waals surface area contributed by atoms with Gasteiger partial charge in [0.2, 0.25) is 0 Å². The molecule has 1 aliphatic heterocycles. The summed E-state index contributed by atoms with van der Waals surface area (Å²) in [5, 5.41) is 1.79. The predicted molar refractivity (Wildman–Crippen MR) is 109 cm³/mol. The highest BCUT2D eigenvalue weighted by Gasteiger charge is 2.22. The van der Waals surface area contributed by atoms with E-state index in [1.54, 1.807) is 17.4 Å². The van der Waals surface area contributed by atoms with Crippen molar-refractivity contribution >= 4 is 28.1 Å². The fourth-order valence-electron chi connectivity index (χ4n) is 3.68. The summed E-state index contributed by atoms with van der Waals surface area (Å²) >= 11 is 1.67. The summed E-state index contributed by atoms with van der Waals surface area (Å²) in [6.07, 6.45) is 4.66. The summed E-state index contributed by atoms with van der Waals surface area (Å²) in [7, 11) is 0. The molecule has 5 rings (SSSR count).